The van der Waals surface area contributed by atoms with Gasteiger partial charge >= 0.3 is 5.69 Å². The predicted molar refractivity (Wildman–Crippen MR) is 96.2 cm³/mol. The van der Waals surface area contributed by atoms with E-state index in [2.05, 4.69) is 4.72 Å². The number of methoxy groups -OCH3 is 1. The second kappa shape index (κ2) is 7.30. The lowest BCUT2D eigenvalue weighted by atomic mass is 10.1. The Labute approximate surface area is 152 Å². The van der Waals surface area contributed by atoms with Crippen LogP contribution in [0.15, 0.2) is 47.4 Å². The van der Waals surface area contributed by atoms with Crippen molar-refractivity contribution in [3.8, 4) is 17.2 Å². The number of hydrogen-bond donors (Lipinski definition) is 1. The highest BCUT2D eigenvalue weighted by Gasteiger charge is 2.26. The van der Waals surface area contributed by atoms with Gasteiger partial charge in [0.2, 0.25) is 15.8 Å². The molecule has 0 aliphatic carbocycles. The van der Waals surface area contributed by atoms with Crippen molar-refractivity contribution in [1.29, 1.82) is 0 Å². The molecular formula is C17H20N2O6S. The highest BCUT2D eigenvalue weighted by molar-refractivity contribution is 7.89. The van der Waals surface area contributed by atoms with E-state index >= 15 is 0 Å². The Morgan fingerprint density at radius 2 is 1.73 bits per heavy atom. The van der Waals surface area contributed by atoms with Crippen LogP contribution in [-0.2, 0) is 10.0 Å². The van der Waals surface area contributed by atoms with Crippen LogP contribution in [0.4, 0.5) is 5.69 Å². The van der Waals surface area contributed by atoms with Crippen molar-refractivity contribution < 1.29 is 22.8 Å². The molecule has 2 aromatic carbocycles. The molecule has 8 nitrogen and oxygen atoms in total. The van der Waals surface area contributed by atoms with E-state index in [4.69, 9.17) is 9.47 Å². The van der Waals surface area contributed by atoms with Gasteiger partial charge in [-0.25, -0.2) is 13.1 Å². The van der Waals surface area contributed by atoms with Crippen molar-refractivity contribution in [3.63, 3.8) is 0 Å². The second-order valence-electron chi connectivity index (χ2n) is 6.52. The minimum absolute atomic E-state index is 0.0713. The van der Waals surface area contributed by atoms with Crippen LogP contribution in [0.1, 0.15) is 20.8 Å². The Morgan fingerprint density at radius 1 is 1.08 bits per heavy atom. The van der Waals surface area contributed by atoms with Crippen LogP contribution in [-0.4, -0.2) is 26.0 Å². The van der Waals surface area contributed by atoms with Crippen molar-refractivity contribution in [2.24, 2.45) is 0 Å². The first-order valence-corrected chi connectivity index (χ1v) is 9.14. The molecule has 0 radical (unpaired) electrons. The minimum atomic E-state index is -3.90. The molecule has 0 spiro atoms. The topological polar surface area (TPSA) is 108 Å². The average Bonchev–Trinajstić information content (AvgIpc) is 2.52. The Morgan fingerprint density at radius 3 is 2.31 bits per heavy atom. The van der Waals surface area contributed by atoms with Gasteiger partial charge in [-0.3, -0.25) is 10.1 Å². The van der Waals surface area contributed by atoms with Crippen LogP contribution in [0, 0.1) is 10.1 Å². The van der Waals surface area contributed by atoms with Crippen LogP contribution in [0.2, 0.25) is 0 Å². The lowest BCUT2D eigenvalue weighted by Gasteiger charge is -2.20. The molecule has 140 valence electrons. The lowest BCUT2D eigenvalue weighted by molar-refractivity contribution is -0.385. The van der Waals surface area contributed by atoms with Gasteiger partial charge in [-0.1, -0.05) is 6.07 Å². The monoisotopic (exact) mass is 380 g/mol. The summed E-state index contributed by atoms with van der Waals surface area (Å²) in [5, 5.41) is 11.4. The highest BCUT2D eigenvalue weighted by atomic mass is 32.2. The summed E-state index contributed by atoms with van der Waals surface area (Å²) in [4.78, 5) is 10.5. The molecular weight excluding hydrogens is 360 g/mol. The maximum Gasteiger partial charge on any atom is 0.312 e. The fourth-order valence-corrected chi connectivity index (χ4v) is 3.59. The first kappa shape index (κ1) is 19.7. The van der Waals surface area contributed by atoms with E-state index in [0.29, 0.717) is 11.5 Å². The molecule has 26 heavy (non-hydrogen) atoms. The van der Waals surface area contributed by atoms with Gasteiger partial charge in [-0.2, -0.15) is 0 Å². The number of rotatable bonds is 6. The Kier molecular flexibility index (Phi) is 5.53. The molecule has 0 bridgehead atoms. The summed E-state index contributed by atoms with van der Waals surface area (Å²) in [5.74, 6) is 0.785. The zero-order valence-corrected chi connectivity index (χ0v) is 15.7. The summed E-state index contributed by atoms with van der Waals surface area (Å²) in [5.41, 5.74) is -1.17. The zero-order chi connectivity index (χ0) is 19.5. The van der Waals surface area contributed by atoms with Gasteiger partial charge in [0.25, 0.3) is 0 Å². The molecule has 0 aliphatic rings. The summed E-state index contributed by atoms with van der Waals surface area (Å²) in [6, 6.07) is 10.0. The fourth-order valence-electron chi connectivity index (χ4n) is 2.15. The molecule has 0 aliphatic heterocycles. The van der Waals surface area contributed by atoms with Crippen molar-refractivity contribution in [2.75, 3.05) is 7.11 Å². The lowest BCUT2D eigenvalue weighted by Crippen LogP contribution is -2.40. The van der Waals surface area contributed by atoms with Gasteiger partial charge in [0.15, 0.2) is 0 Å². The predicted octanol–water partition coefficient (Wildman–Crippen LogP) is 3.47. The summed E-state index contributed by atoms with van der Waals surface area (Å²) >= 11 is 0. The van der Waals surface area contributed by atoms with Gasteiger partial charge in [0.05, 0.1) is 16.9 Å². The summed E-state index contributed by atoms with van der Waals surface area (Å²) in [7, 11) is -2.41. The normalized spacial score (nSPS) is 11.8. The quantitative estimate of drug-likeness (QED) is 0.607. The van der Waals surface area contributed by atoms with E-state index in [1.165, 1.54) is 19.2 Å². The molecule has 1 N–H and O–H groups in total. The van der Waals surface area contributed by atoms with Gasteiger partial charge in [0, 0.05) is 17.7 Å². The molecule has 0 amide bonds. The van der Waals surface area contributed by atoms with Gasteiger partial charge in [-0.05, 0) is 45.0 Å². The Balaban J connectivity index is 2.42. The van der Waals surface area contributed by atoms with Crippen molar-refractivity contribution in [3.05, 3.63) is 52.6 Å². The number of nitrogens with zero attached hydrogens (tertiary/aromatic N) is 1. The molecule has 0 atom stereocenters. The number of nitrogens with one attached hydrogen (secondary N) is 1. The summed E-state index contributed by atoms with van der Waals surface area (Å²) in [6.45, 7) is 5.04. The minimum Gasteiger partial charge on any atom is -0.497 e. The van der Waals surface area contributed by atoms with E-state index in [-0.39, 0.29) is 10.6 Å². The summed E-state index contributed by atoms with van der Waals surface area (Å²) < 4.78 is 37.8. The van der Waals surface area contributed by atoms with E-state index in [1.807, 2.05) is 0 Å². The van der Waals surface area contributed by atoms with Crippen molar-refractivity contribution in [1.82, 2.24) is 4.72 Å². The van der Waals surface area contributed by atoms with E-state index in [1.54, 1.807) is 45.0 Å². The Bertz CT molecular complexity index is 919. The number of ether oxygens (including phenoxy) is 2. The van der Waals surface area contributed by atoms with Gasteiger partial charge < -0.3 is 9.47 Å². The third kappa shape index (κ3) is 4.93. The molecule has 0 unspecified atom stereocenters. The first-order chi connectivity index (χ1) is 12.0. The third-order valence-corrected chi connectivity index (χ3v) is 4.90. The largest absolute Gasteiger partial charge is 0.497 e. The molecule has 0 fully saturated rings. The second-order valence-corrected chi connectivity index (χ2v) is 8.21. The first-order valence-electron chi connectivity index (χ1n) is 7.66. The molecule has 9 heteroatoms. The number of nitro groups is 1. The molecule has 0 saturated heterocycles. The van der Waals surface area contributed by atoms with Crippen LogP contribution in [0.25, 0.3) is 0 Å². The molecule has 0 heterocycles. The van der Waals surface area contributed by atoms with Crippen molar-refractivity contribution in [2.45, 2.75) is 31.2 Å². The SMILES string of the molecule is COc1cccc(Oc2ccc(S(=O)(=O)NC(C)(C)C)cc2[N+](=O)[O-])c1. The number of sulfonamides is 1. The van der Waals surface area contributed by atoms with Gasteiger partial charge in [-0.15, -0.1) is 0 Å². The molecule has 0 aromatic heterocycles. The number of nitro benzene ring substituents is 1. The number of hydrogen-bond acceptors (Lipinski definition) is 6. The van der Waals surface area contributed by atoms with Gasteiger partial charge in [0.1, 0.15) is 11.5 Å². The van der Waals surface area contributed by atoms with Crippen LogP contribution >= 0.6 is 0 Å². The van der Waals surface area contributed by atoms with E-state index in [0.717, 1.165) is 6.07 Å². The van der Waals surface area contributed by atoms with Crippen molar-refractivity contribution >= 4 is 15.7 Å². The maximum atomic E-state index is 12.4. The van der Waals surface area contributed by atoms with E-state index in [9.17, 15) is 18.5 Å². The smallest absolute Gasteiger partial charge is 0.312 e. The van der Waals surface area contributed by atoms with Crippen LogP contribution in [0.5, 0.6) is 17.2 Å². The number of benzene rings is 2. The molecule has 0 saturated carbocycles. The van der Waals surface area contributed by atoms with Crippen LogP contribution in [0.3, 0.4) is 0 Å². The van der Waals surface area contributed by atoms with Crippen LogP contribution < -0.4 is 14.2 Å². The summed E-state index contributed by atoms with van der Waals surface area (Å²) in [6.07, 6.45) is 0. The molecule has 2 rings (SSSR count). The highest BCUT2D eigenvalue weighted by Crippen LogP contribution is 2.34. The standard InChI is InChI=1S/C17H20N2O6S/c1-17(2,3)18-26(22,23)14-8-9-16(15(11-14)19(20)21)25-13-7-5-6-12(10-13)24-4/h5-11,18H,1-4H3. The average molecular weight is 380 g/mol. The van der Waals surface area contributed by atoms with E-state index < -0.39 is 26.2 Å². The third-order valence-electron chi connectivity index (χ3n) is 3.15. The fraction of sp³-hybridized carbons (Fsp3) is 0.294. The Hall–Kier alpha value is -2.65. The zero-order valence-electron chi connectivity index (χ0n) is 14.8. The maximum absolute atomic E-state index is 12.4. The molecule has 2 aromatic rings.